The molecule has 1 aromatic heterocycles. The molecule has 1 heteroatoms. The van der Waals surface area contributed by atoms with Crippen LogP contribution in [0.2, 0.25) is 0 Å². The van der Waals surface area contributed by atoms with Crippen molar-refractivity contribution in [1.82, 2.24) is 0 Å². The molecule has 2 aromatic carbocycles. The Bertz CT molecular complexity index is 1110. The van der Waals surface area contributed by atoms with E-state index in [1.165, 1.54) is 33.4 Å². The van der Waals surface area contributed by atoms with Crippen LogP contribution in [0, 0.1) is 20.7 Å². The fraction of sp³-hybridized carbons (Fsp3) is 0.292. The molecule has 0 unspecified atom stereocenters. The highest BCUT2D eigenvalue weighted by atomic mass is 14.9. The first-order chi connectivity index (χ1) is 13.0. The second-order valence-electron chi connectivity index (χ2n) is 7.75. The summed E-state index contributed by atoms with van der Waals surface area (Å²) in [5.74, 6) is 0. The van der Waals surface area contributed by atoms with Gasteiger partial charge in [0.2, 0.25) is 5.69 Å². The number of aromatic nitrogens is 1. The van der Waals surface area contributed by atoms with E-state index in [1.807, 2.05) is 17.7 Å². The molecule has 0 amide bonds. The third-order valence-electron chi connectivity index (χ3n) is 5.66. The molecule has 0 saturated carbocycles. The maximum atomic E-state index is 7.65. The van der Waals surface area contributed by atoms with Crippen LogP contribution in [0.5, 0.6) is 0 Å². The first-order valence-corrected chi connectivity index (χ1v) is 8.78. The Morgan fingerprint density at radius 3 is 2.44 bits per heavy atom. The summed E-state index contributed by atoms with van der Waals surface area (Å²) in [7, 11) is 1.92. The van der Waals surface area contributed by atoms with Crippen molar-refractivity contribution < 1.29 is 8.68 Å². The minimum atomic E-state index is -2.09. The summed E-state index contributed by atoms with van der Waals surface area (Å²) in [6.45, 7) is 6.80. The first kappa shape index (κ1) is 12.9. The molecule has 0 N–H and O–H groups in total. The Labute approximate surface area is 155 Å². The number of hydrogen-bond acceptors (Lipinski definition) is 0. The van der Waals surface area contributed by atoms with Gasteiger partial charge in [0.1, 0.15) is 7.05 Å². The molecule has 0 atom stereocenters. The van der Waals surface area contributed by atoms with Gasteiger partial charge in [0.25, 0.3) is 0 Å². The second kappa shape index (κ2) is 5.29. The molecule has 25 heavy (non-hydrogen) atoms. The molecule has 0 radical (unpaired) electrons. The third kappa shape index (κ3) is 2.26. The van der Waals surface area contributed by atoms with Crippen LogP contribution < -0.4 is 4.57 Å². The highest BCUT2D eigenvalue weighted by molar-refractivity contribution is 5.86. The predicted octanol–water partition coefficient (Wildman–Crippen LogP) is 5.41. The van der Waals surface area contributed by atoms with E-state index >= 15 is 0 Å². The number of rotatable bonds is 1. The number of benzene rings is 2. The fourth-order valence-corrected chi connectivity index (χ4v) is 4.29. The Morgan fingerprint density at radius 2 is 1.72 bits per heavy atom. The van der Waals surface area contributed by atoms with E-state index in [0.717, 1.165) is 11.3 Å². The highest BCUT2D eigenvalue weighted by Gasteiger charge is 2.37. The Hall–Kier alpha value is -2.41. The molecule has 0 saturated heterocycles. The second-order valence-corrected chi connectivity index (χ2v) is 7.75. The number of hydrogen-bond donors (Lipinski definition) is 0. The lowest BCUT2D eigenvalue weighted by molar-refractivity contribution is -0.660. The SMILES string of the molecule is [2H]C([2H])([2H])c1ccc(-c2cc3c(cc2C)-c2c(C)cccc2C3(C)C)[n+](C)c1. The van der Waals surface area contributed by atoms with Crippen LogP contribution in [0.1, 0.15) is 45.8 Å². The monoisotopic (exact) mass is 331 g/mol. The topological polar surface area (TPSA) is 3.88 Å². The smallest absolute Gasteiger partial charge is 0.201 e. The predicted molar refractivity (Wildman–Crippen MR) is 105 cm³/mol. The molecule has 1 nitrogen and oxygen atoms in total. The number of pyridine rings is 1. The van der Waals surface area contributed by atoms with Crippen molar-refractivity contribution in [3.05, 3.63) is 76.5 Å². The third-order valence-corrected chi connectivity index (χ3v) is 5.66. The van der Waals surface area contributed by atoms with Crippen molar-refractivity contribution >= 4 is 0 Å². The molecule has 126 valence electrons. The van der Waals surface area contributed by atoms with Gasteiger partial charge in [-0.1, -0.05) is 38.1 Å². The zero-order chi connectivity index (χ0) is 20.4. The van der Waals surface area contributed by atoms with E-state index in [4.69, 9.17) is 4.11 Å². The van der Waals surface area contributed by atoms with Crippen LogP contribution in [-0.4, -0.2) is 0 Å². The van der Waals surface area contributed by atoms with Gasteiger partial charge in [0, 0.05) is 26.7 Å². The lowest BCUT2D eigenvalue weighted by atomic mass is 9.81. The van der Waals surface area contributed by atoms with Gasteiger partial charge >= 0.3 is 0 Å². The van der Waals surface area contributed by atoms with E-state index in [1.54, 1.807) is 12.3 Å². The minimum absolute atomic E-state index is 0.0592. The molecule has 1 heterocycles. The molecule has 0 bridgehead atoms. The van der Waals surface area contributed by atoms with Crippen molar-refractivity contribution in [1.29, 1.82) is 0 Å². The van der Waals surface area contributed by atoms with Crippen LogP contribution in [0.4, 0.5) is 0 Å². The van der Waals surface area contributed by atoms with Gasteiger partial charge in [0.15, 0.2) is 6.20 Å². The summed E-state index contributed by atoms with van der Waals surface area (Å²) < 4.78 is 24.9. The zero-order valence-corrected chi connectivity index (χ0v) is 15.6. The highest BCUT2D eigenvalue weighted by Crippen LogP contribution is 2.51. The Balaban J connectivity index is 1.93. The molecule has 4 rings (SSSR count). The van der Waals surface area contributed by atoms with E-state index in [2.05, 4.69) is 58.0 Å². The van der Waals surface area contributed by atoms with Gasteiger partial charge < -0.3 is 0 Å². The van der Waals surface area contributed by atoms with Gasteiger partial charge in [-0.3, -0.25) is 0 Å². The molecule has 1 aliphatic carbocycles. The molecule has 1 aliphatic rings. The van der Waals surface area contributed by atoms with Crippen LogP contribution in [-0.2, 0) is 12.5 Å². The maximum Gasteiger partial charge on any atom is 0.212 e. The largest absolute Gasteiger partial charge is 0.212 e. The molecule has 3 aromatic rings. The van der Waals surface area contributed by atoms with Crippen LogP contribution in [0.25, 0.3) is 22.4 Å². The standard InChI is InChI=1S/C24H26N/c1-15-10-11-22(25(6)14-15)18-13-21-19(12-17(18)3)23-16(2)8-7-9-20(23)24(21,4)5/h7-14H,1-6H3/q+1/i1D3. The summed E-state index contributed by atoms with van der Waals surface area (Å²) in [5, 5.41) is 0. The number of nitrogens with zero attached hydrogens (tertiary/aromatic N) is 1. The quantitative estimate of drug-likeness (QED) is 0.525. The maximum absolute atomic E-state index is 7.65. The first-order valence-electron chi connectivity index (χ1n) is 10.3. The summed E-state index contributed by atoms with van der Waals surface area (Å²) in [6, 6.07) is 14.8. The van der Waals surface area contributed by atoms with Gasteiger partial charge in [-0.25, -0.2) is 4.57 Å². The molecule has 0 spiro atoms. The van der Waals surface area contributed by atoms with E-state index in [0.29, 0.717) is 5.56 Å². The lowest BCUT2D eigenvalue weighted by Gasteiger charge is -2.22. The summed E-state index contributed by atoms with van der Waals surface area (Å²) in [5.41, 5.74) is 10.4. The molecular weight excluding hydrogens is 302 g/mol. The Kier molecular flexibility index (Phi) is 2.73. The summed E-state index contributed by atoms with van der Waals surface area (Å²) >= 11 is 0. The van der Waals surface area contributed by atoms with Crippen LogP contribution in [0.3, 0.4) is 0 Å². The lowest BCUT2D eigenvalue weighted by Crippen LogP contribution is -2.31. The zero-order valence-electron chi connectivity index (χ0n) is 18.6. The van der Waals surface area contributed by atoms with Crippen molar-refractivity contribution in [2.24, 2.45) is 7.05 Å². The average Bonchev–Trinajstić information content (AvgIpc) is 2.82. The molecular formula is C24H26N+. The minimum Gasteiger partial charge on any atom is -0.201 e. The summed E-state index contributed by atoms with van der Waals surface area (Å²) in [4.78, 5) is 0. The van der Waals surface area contributed by atoms with Crippen molar-refractivity contribution in [2.45, 2.75) is 40.0 Å². The van der Waals surface area contributed by atoms with Crippen LogP contribution >= 0.6 is 0 Å². The van der Waals surface area contributed by atoms with Crippen molar-refractivity contribution in [2.75, 3.05) is 0 Å². The fourth-order valence-electron chi connectivity index (χ4n) is 4.29. The number of fused-ring (bicyclic) bond motifs is 3. The summed E-state index contributed by atoms with van der Waals surface area (Å²) in [6.07, 6.45) is 1.72. The van der Waals surface area contributed by atoms with Crippen molar-refractivity contribution in [3.63, 3.8) is 0 Å². The van der Waals surface area contributed by atoms with E-state index < -0.39 is 6.85 Å². The van der Waals surface area contributed by atoms with E-state index in [-0.39, 0.29) is 5.41 Å². The molecule has 0 fully saturated rings. The van der Waals surface area contributed by atoms with Crippen LogP contribution in [0.15, 0.2) is 48.7 Å². The van der Waals surface area contributed by atoms with Gasteiger partial charge in [-0.15, -0.1) is 0 Å². The Morgan fingerprint density at radius 1 is 0.920 bits per heavy atom. The molecule has 0 aliphatic heterocycles. The normalized spacial score (nSPS) is 16.6. The number of aryl methyl sites for hydroxylation is 4. The van der Waals surface area contributed by atoms with Gasteiger partial charge in [-0.2, -0.15) is 0 Å². The van der Waals surface area contributed by atoms with Gasteiger partial charge in [-0.05, 0) is 66.2 Å². The van der Waals surface area contributed by atoms with Gasteiger partial charge in [0.05, 0.1) is 0 Å². The van der Waals surface area contributed by atoms with Crippen molar-refractivity contribution in [3.8, 4) is 22.4 Å². The average molecular weight is 331 g/mol. The van der Waals surface area contributed by atoms with E-state index in [9.17, 15) is 0 Å².